The van der Waals surface area contributed by atoms with E-state index in [2.05, 4.69) is 34.9 Å². The highest BCUT2D eigenvalue weighted by atomic mass is 16.5. The monoisotopic (exact) mass is 464 g/mol. The maximum absolute atomic E-state index is 12.2. The number of nitrogens with one attached hydrogen (secondary N) is 2. The van der Waals surface area contributed by atoms with E-state index >= 15 is 0 Å². The summed E-state index contributed by atoms with van der Waals surface area (Å²) in [6.45, 7) is 1.23. The summed E-state index contributed by atoms with van der Waals surface area (Å²) in [5.41, 5.74) is 4.72. The number of hydrogen-bond acceptors (Lipinski definition) is 4. The Hall–Kier alpha value is -3.35. The topological polar surface area (TPSA) is 105 Å². The van der Waals surface area contributed by atoms with Gasteiger partial charge in [-0.1, -0.05) is 48.5 Å². The van der Waals surface area contributed by atoms with E-state index in [0.29, 0.717) is 44.7 Å². The molecule has 4 rings (SSSR count). The molecule has 0 unspecified atom stereocenters. The van der Waals surface area contributed by atoms with E-state index in [0.717, 1.165) is 12.8 Å². The van der Waals surface area contributed by atoms with Crippen LogP contribution in [0.1, 0.15) is 55.6 Å². The molecule has 2 aromatic rings. The van der Waals surface area contributed by atoms with E-state index < -0.39 is 12.1 Å². The number of fused-ring (bicyclic) bond motifs is 3. The van der Waals surface area contributed by atoms with Gasteiger partial charge in [-0.2, -0.15) is 0 Å². The summed E-state index contributed by atoms with van der Waals surface area (Å²) in [6, 6.07) is 16.4. The fourth-order valence-corrected chi connectivity index (χ4v) is 5.05. The Morgan fingerprint density at radius 2 is 1.50 bits per heavy atom. The van der Waals surface area contributed by atoms with Gasteiger partial charge in [0.1, 0.15) is 6.61 Å². The van der Waals surface area contributed by atoms with Crippen LogP contribution in [0, 0.1) is 11.8 Å². The predicted molar refractivity (Wildman–Crippen MR) is 128 cm³/mol. The molecule has 0 heterocycles. The van der Waals surface area contributed by atoms with Crippen molar-refractivity contribution in [1.29, 1.82) is 0 Å². The number of ether oxygens (including phenoxy) is 1. The van der Waals surface area contributed by atoms with Crippen LogP contribution >= 0.6 is 0 Å². The number of amides is 2. The van der Waals surface area contributed by atoms with Crippen molar-refractivity contribution in [1.82, 2.24) is 10.6 Å². The minimum absolute atomic E-state index is 0.0227. The standard InChI is InChI=1S/C27H32N2O5/c30-25(29-16-18-11-13-19(14-12-18)26(31)32)10-5-15-28-27(33)34-17-24-22-8-3-1-6-20(22)21-7-2-4-9-23(21)24/h1-4,6-9,18-19,24H,5,10-17H2,(H,28,33)(H,29,30)(H,31,32). The molecule has 0 spiro atoms. The fourth-order valence-electron chi connectivity index (χ4n) is 5.05. The second-order valence-corrected chi connectivity index (χ2v) is 9.22. The molecule has 7 nitrogen and oxygen atoms in total. The van der Waals surface area contributed by atoms with Crippen molar-refractivity contribution in [3.8, 4) is 11.1 Å². The molecule has 2 amide bonds. The molecule has 2 aromatic carbocycles. The normalized spacial score (nSPS) is 19.1. The zero-order chi connectivity index (χ0) is 23.9. The van der Waals surface area contributed by atoms with Gasteiger partial charge in [-0.25, -0.2) is 4.79 Å². The Morgan fingerprint density at radius 1 is 0.882 bits per heavy atom. The summed E-state index contributed by atoms with van der Waals surface area (Å²) in [5, 5.41) is 14.7. The Kier molecular flexibility index (Phi) is 7.83. The third kappa shape index (κ3) is 5.76. The highest BCUT2D eigenvalue weighted by Gasteiger charge is 2.29. The highest BCUT2D eigenvalue weighted by Crippen LogP contribution is 2.44. The number of hydrogen-bond donors (Lipinski definition) is 3. The van der Waals surface area contributed by atoms with Gasteiger partial charge < -0.3 is 20.5 Å². The quantitative estimate of drug-likeness (QED) is 0.480. The lowest BCUT2D eigenvalue weighted by Gasteiger charge is -2.26. The maximum atomic E-state index is 12.2. The lowest BCUT2D eigenvalue weighted by atomic mass is 9.82. The summed E-state index contributed by atoms with van der Waals surface area (Å²) < 4.78 is 5.51. The molecule has 7 heteroatoms. The van der Waals surface area contributed by atoms with Crippen molar-refractivity contribution in [2.24, 2.45) is 11.8 Å². The van der Waals surface area contributed by atoms with Crippen LogP contribution in [0.2, 0.25) is 0 Å². The average Bonchev–Trinajstić information content (AvgIpc) is 3.18. The summed E-state index contributed by atoms with van der Waals surface area (Å²) in [6.07, 6.45) is 3.41. The van der Waals surface area contributed by atoms with Crippen molar-refractivity contribution < 1.29 is 24.2 Å². The Labute approximate surface area is 199 Å². The summed E-state index contributed by atoms with van der Waals surface area (Å²) in [4.78, 5) is 35.3. The van der Waals surface area contributed by atoms with E-state index in [-0.39, 0.29) is 24.3 Å². The molecule has 0 aliphatic heterocycles. The first kappa shape index (κ1) is 23.8. The van der Waals surface area contributed by atoms with E-state index in [1.165, 1.54) is 22.3 Å². The van der Waals surface area contributed by atoms with Crippen LogP contribution in [-0.2, 0) is 14.3 Å². The second kappa shape index (κ2) is 11.2. The molecule has 1 fully saturated rings. The van der Waals surface area contributed by atoms with E-state index in [4.69, 9.17) is 9.84 Å². The van der Waals surface area contributed by atoms with Gasteiger partial charge >= 0.3 is 12.1 Å². The van der Waals surface area contributed by atoms with E-state index in [9.17, 15) is 14.4 Å². The molecule has 0 bridgehead atoms. The van der Waals surface area contributed by atoms with E-state index in [1.807, 2.05) is 24.3 Å². The molecule has 3 N–H and O–H groups in total. The van der Waals surface area contributed by atoms with Gasteiger partial charge in [0.2, 0.25) is 5.91 Å². The number of carbonyl (C=O) groups excluding carboxylic acids is 2. The van der Waals surface area contributed by atoms with Crippen LogP contribution in [0.4, 0.5) is 4.79 Å². The fraction of sp³-hybridized carbons (Fsp3) is 0.444. The molecule has 180 valence electrons. The van der Waals surface area contributed by atoms with Crippen molar-refractivity contribution in [2.75, 3.05) is 19.7 Å². The molecule has 2 aliphatic carbocycles. The van der Waals surface area contributed by atoms with Crippen molar-refractivity contribution in [2.45, 2.75) is 44.4 Å². The predicted octanol–water partition coefficient (Wildman–Crippen LogP) is 4.31. The zero-order valence-corrected chi connectivity index (χ0v) is 19.3. The van der Waals surface area contributed by atoms with Crippen LogP contribution < -0.4 is 10.6 Å². The third-order valence-electron chi connectivity index (χ3n) is 6.98. The molecule has 2 aliphatic rings. The Morgan fingerprint density at radius 3 is 2.12 bits per heavy atom. The first-order valence-corrected chi connectivity index (χ1v) is 12.1. The smallest absolute Gasteiger partial charge is 0.407 e. The van der Waals surface area contributed by atoms with Gasteiger partial charge in [-0.15, -0.1) is 0 Å². The van der Waals surface area contributed by atoms with Crippen LogP contribution in [-0.4, -0.2) is 42.8 Å². The van der Waals surface area contributed by atoms with Crippen LogP contribution in [0.25, 0.3) is 11.1 Å². The van der Waals surface area contributed by atoms with Crippen LogP contribution in [0.15, 0.2) is 48.5 Å². The number of rotatable bonds is 9. The van der Waals surface area contributed by atoms with Gasteiger partial charge in [-0.3, -0.25) is 9.59 Å². The van der Waals surface area contributed by atoms with Crippen LogP contribution in [0.3, 0.4) is 0 Å². The SMILES string of the molecule is O=C(CCCNC(=O)OCC1c2ccccc2-c2ccccc21)NCC1CCC(C(=O)O)CC1. The first-order valence-electron chi connectivity index (χ1n) is 12.1. The maximum Gasteiger partial charge on any atom is 0.407 e. The van der Waals surface area contributed by atoms with Crippen molar-refractivity contribution >= 4 is 18.0 Å². The minimum atomic E-state index is -0.716. The first-order chi connectivity index (χ1) is 16.5. The van der Waals surface area contributed by atoms with Gasteiger partial charge in [0.25, 0.3) is 0 Å². The largest absolute Gasteiger partial charge is 0.481 e. The highest BCUT2D eigenvalue weighted by molar-refractivity contribution is 5.79. The van der Waals surface area contributed by atoms with Gasteiger partial charge in [0, 0.05) is 25.4 Å². The van der Waals surface area contributed by atoms with Gasteiger partial charge in [0.15, 0.2) is 0 Å². The molecular formula is C27H32N2O5. The molecule has 0 radical (unpaired) electrons. The minimum Gasteiger partial charge on any atom is -0.481 e. The molecule has 0 saturated heterocycles. The summed E-state index contributed by atoms with van der Waals surface area (Å²) >= 11 is 0. The average molecular weight is 465 g/mol. The zero-order valence-electron chi connectivity index (χ0n) is 19.3. The number of carbonyl (C=O) groups is 3. The van der Waals surface area contributed by atoms with Crippen LogP contribution in [0.5, 0.6) is 0 Å². The molecule has 0 aromatic heterocycles. The van der Waals surface area contributed by atoms with Gasteiger partial charge in [-0.05, 0) is 60.3 Å². The second-order valence-electron chi connectivity index (χ2n) is 9.22. The number of aliphatic carboxylic acids is 1. The lowest BCUT2D eigenvalue weighted by Crippen LogP contribution is -2.33. The molecule has 1 saturated carbocycles. The lowest BCUT2D eigenvalue weighted by molar-refractivity contribution is -0.143. The number of alkyl carbamates (subject to hydrolysis) is 1. The van der Waals surface area contributed by atoms with Crippen molar-refractivity contribution in [3.05, 3.63) is 59.7 Å². The number of carboxylic acid groups (broad SMARTS) is 1. The van der Waals surface area contributed by atoms with E-state index in [1.54, 1.807) is 0 Å². The summed E-state index contributed by atoms with van der Waals surface area (Å²) in [7, 11) is 0. The van der Waals surface area contributed by atoms with Crippen molar-refractivity contribution in [3.63, 3.8) is 0 Å². The molecule has 34 heavy (non-hydrogen) atoms. The number of benzene rings is 2. The summed E-state index contributed by atoms with van der Waals surface area (Å²) in [5.74, 6) is -0.634. The third-order valence-corrected chi connectivity index (χ3v) is 6.98. The number of carboxylic acids is 1. The Balaban J connectivity index is 1.12. The van der Waals surface area contributed by atoms with Gasteiger partial charge in [0.05, 0.1) is 5.92 Å². The molecular weight excluding hydrogens is 432 g/mol. The molecule has 0 atom stereocenters. The Bertz CT molecular complexity index is 984.